The second-order valence-corrected chi connectivity index (χ2v) is 11.6. The maximum atomic E-state index is 14.6. The number of hydrogen-bond acceptors (Lipinski definition) is 3. The molecule has 7 heteroatoms. The fourth-order valence-electron chi connectivity index (χ4n) is 3.74. The largest absolute Gasteiger partial charge is 0.350 e. The Labute approximate surface area is 225 Å². The zero-order chi connectivity index (χ0) is 26.1. The number of carbonyl (C=O) groups is 2. The van der Waals surface area contributed by atoms with Crippen LogP contribution in [0.2, 0.25) is 0 Å². The Balaban J connectivity index is 1.87. The Bertz CT molecular complexity index is 1150. The van der Waals surface area contributed by atoms with Gasteiger partial charge in [-0.05, 0) is 50.1 Å². The molecule has 0 fully saturated rings. The van der Waals surface area contributed by atoms with Gasteiger partial charge in [-0.3, -0.25) is 9.59 Å². The fourth-order valence-corrected chi connectivity index (χ4v) is 4.87. The zero-order valence-corrected chi connectivity index (χ0v) is 23.2. The van der Waals surface area contributed by atoms with Crippen molar-refractivity contribution in [1.29, 1.82) is 0 Å². The molecule has 0 saturated heterocycles. The topological polar surface area (TPSA) is 49.4 Å². The molecule has 4 nitrogen and oxygen atoms in total. The number of benzene rings is 3. The molecule has 2 amide bonds. The molecule has 0 heterocycles. The standard InChI is InChI=1S/C29H32BrFN2O2S/c1-29(2,3)32-28(35)26(17-21-9-5-4-6-10-21)33(18-23-11-7-8-12-25(23)31)27(34)20-36-19-22-13-15-24(30)16-14-22/h4-16,26H,17-20H2,1-3H3,(H,32,35)/t26-/m1/s1. The van der Waals surface area contributed by atoms with E-state index in [0.29, 0.717) is 17.7 Å². The molecule has 0 spiro atoms. The molecule has 0 aliphatic carbocycles. The number of hydrogen-bond donors (Lipinski definition) is 1. The summed E-state index contributed by atoms with van der Waals surface area (Å²) in [4.78, 5) is 28.6. The van der Waals surface area contributed by atoms with Crippen LogP contribution in [-0.4, -0.2) is 34.0 Å². The average Bonchev–Trinajstić information content (AvgIpc) is 2.83. The van der Waals surface area contributed by atoms with Gasteiger partial charge in [-0.25, -0.2) is 4.39 Å². The first-order valence-corrected chi connectivity index (χ1v) is 13.8. The van der Waals surface area contributed by atoms with E-state index in [1.807, 2.05) is 75.4 Å². The summed E-state index contributed by atoms with van der Waals surface area (Å²) >= 11 is 4.91. The number of carbonyl (C=O) groups excluding carboxylic acids is 2. The Morgan fingerprint density at radius 3 is 2.22 bits per heavy atom. The summed E-state index contributed by atoms with van der Waals surface area (Å²) in [5.41, 5.74) is 1.93. The summed E-state index contributed by atoms with van der Waals surface area (Å²) < 4.78 is 15.6. The van der Waals surface area contributed by atoms with Crippen LogP contribution in [0.4, 0.5) is 4.39 Å². The molecule has 0 aliphatic heterocycles. The van der Waals surface area contributed by atoms with Crippen LogP contribution >= 0.6 is 27.7 Å². The number of halogens is 2. The van der Waals surface area contributed by atoms with Gasteiger partial charge in [0, 0.05) is 34.3 Å². The third kappa shape index (κ3) is 8.79. The first-order chi connectivity index (χ1) is 17.1. The van der Waals surface area contributed by atoms with Crippen LogP contribution < -0.4 is 5.32 Å². The van der Waals surface area contributed by atoms with Gasteiger partial charge in [0.2, 0.25) is 11.8 Å². The van der Waals surface area contributed by atoms with Crippen molar-refractivity contribution in [3.05, 3.63) is 106 Å². The van der Waals surface area contributed by atoms with Crippen LogP contribution in [0.25, 0.3) is 0 Å². The van der Waals surface area contributed by atoms with Gasteiger partial charge in [-0.15, -0.1) is 11.8 Å². The lowest BCUT2D eigenvalue weighted by Gasteiger charge is -2.34. The smallest absolute Gasteiger partial charge is 0.243 e. The molecule has 0 saturated carbocycles. The number of nitrogens with zero attached hydrogens (tertiary/aromatic N) is 1. The molecule has 0 aromatic heterocycles. The van der Waals surface area contributed by atoms with E-state index in [1.54, 1.807) is 18.2 Å². The first-order valence-electron chi connectivity index (χ1n) is 11.8. The zero-order valence-electron chi connectivity index (χ0n) is 20.8. The van der Waals surface area contributed by atoms with E-state index in [2.05, 4.69) is 21.2 Å². The summed E-state index contributed by atoms with van der Waals surface area (Å²) in [6, 6.07) is 23.2. The maximum absolute atomic E-state index is 14.6. The highest BCUT2D eigenvalue weighted by atomic mass is 79.9. The van der Waals surface area contributed by atoms with Crippen molar-refractivity contribution in [3.8, 4) is 0 Å². The van der Waals surface area contributed by atoms with Crippen molar-refractivity contribution in [2.24, 2.45) is 0 Å². The third-order valence-electron chi connectivity index (χ3n) is 5.48. The lowest BCUT2D eigenvalue weighted by molar-refractivity contribution is -0.140. The van der Waals surface area contributed by atoms with Crippen LogP contribution in [-0.2, 0) is 28.3 Å². The summed E-state index contributed by atoms with van der Waals surface area (Å²) in [6.07, 6.45) is 0.334. The van der Waals surface area contributed by atoms with Crippen LogP contribution in [0.5, 0.6) is 0 Å². The number of amides is 2. The van der Waals surface area contributed by atoms with Crippen molar-refractivity contribution >= 4 is 39.5 Å². The highest BCUT2D eigenvalue weighted by Gasteiger charge is 2.32. The first kappa shape index (κ1) is 27.9. The van der Waals surface area contributed by atoms with Crippen molar-refractivity contribution in [3.63, 3.8) is 0 Å². The van der Waals surface area contributed by atoms with Gasteiger partial charge in [0.15, 0.2) is 0 Å². The SMILES string of the molecule is CC(C)(C)NC(=O)[C@@H](Cc1ccccc1)N(Cc1ccccc1F)C(=O)CSCc1ccc(Br)cc1. The van der Waals surface area contributed by atoms with Gasteiger partial charge in [0.05, 0.1) is 5.75 Å². The summed E-state index contributed by atoms with van der Waals surface area (Å²) in [6.45, 7) is 5.73. The van der Waals surface area contributed by atoms with E-state index < -0.39 is 17.4 Å². The predicted molar refractivity (Wildman–Crippen MR) is 149 cm³/mol. The van der Waals surface area contributed by atoms with E-state index in [4.69, 9.17) is 0 Å². The van der Waals surface area contributed by atoms with Gasteiger partial charge in [-0.2, -0.15) is 0 Å². The second kappa shape index (κ2) is 13.1. The molecule has 1 atom stereocenters. The maximum Gasteiger partial charge on any atom is 0.243 e. The summed E-state index contributed by atoms with van der Waals surface area (Å²) in [5, 5.41) is 3.02. The van der Waals surface area contributed by atoms with Gasteiger partial charge in [0.25, 0.3) is 0 Å². The molecule has 36 heavy (non-hydrogen) atoms. The number of rotatable bonds is 10. The molecule has 3 aromatic carbocycles. The second-order valence-electron chi connectivity index (χ2n) is 9.68. The Morgan fingerprint density at radius 2 is 1.58 bits per heavy atom. The normalized spacial score (nSPS) is 12.1. The van der Waals surface area contributed by atoms with E-state index in [9.17, 15) is 14.0 Å². The fraction of sp³-hybridized carbons (Fsp3) is 0.310. The molecule has 3 aromatic rings. The number of thioether (sulfide) groups is 1. The molecule has 1 N–H and O–H groups in total. The molecule has 0 aliphatic rings. The van der Waals surface area contributed by atoms with Gasteiger partial charge in [0.1, 0.15) is 11.9 Å². The molecule has 0 bridgehead atoms. The van der Waals surface area contributed by atoms with Crippen molar-refractivity contribution in [1.82, 2.24) is 10.2 Å². The monoisotopic (exact) mass is 570 g/mol. The number of nitrogens with one attached hydrogen (secondary N) is 1. The average molecular weight is 572 g/mol. The van der Waals surface area contributed by atoms with Gasteiger partial charge < -0.3 is 10.2 Å². The minimum Gasteiger partial charge on any atom is -0.350 e. The van der Waals surface area contributed by atoms with Gasteiger partial charge in [-0.1, -0.05) is 76.6 Å². The minimum atomic E-state index is -0.785. The predicted octanol–water partition coefficient (Wildman–Crippen LogP) is 6.38. The van der Waals surface area contributed by atoms with E-state index in [1.165, 1.54) is 22.7 Å². The molecule has 3 rings (SSSR count). The molecular weight excluding hydrogens is 539 g/mol. The molecular formula is C29H32BrFN2O2S. The Morgan fingerprint density at radius 1 is 0.944 bits per heavy atom. The van der Waals surface area contributed by atoms with E-state index >= 15 is 0 Å². The minimum absolute atomic E-state index is 0.0133. The highest BCUT2D eigenvalue weighted by Crippen LogP contribution is 2.21. The van der Waals surface area contributed by atoms with Gasteiger partial charge >= 0.3 is 0 Å². The Hall–Kier alpha value is -2.64. The van der Waals surface area contributed by atoms with Crippen LogP contribution in [0, 0.1) is 5.82 Å². The molecule has 190 valence electrons. The van der Waals surface area contributed by atoms with Crippen molar-refractivity contribution < 1.29 is 14.0 Å². The van der Waals surface area contributed by atoms with Crippen molar-refractivity contribution in [2.75, 3.05) is 5.75 Å². The van der Waals surface area contributed by atoms with Crippen LogP contribution in [0.15, 0.2) is 83.3 Å². The Kier molecular flexibility index (Phi) is 10.1. The van der Waals surface area contributed by atoms with Crippen LogP contribution in [0.1, 0.15) is 37.5 Å². The molecule has 0 radical (unpaired) electrons. The van der Waals surface area contributed by atoms with E-state index in [0.717, 1.165) is 15.6 Å². The third-order valence-corrected chi connectivity index (χ3v) is 6.99. The lowest BCUT2D eigenvalue weighted by Crippen LogP contribution is -2.54. The van der Waals surface area contributed by atoms with E-state index in [-0.39, 0.29) is 24.1 Å². The van der Waals surface area contributed by atoms with Crippen molar-refractivity contribution in [2.45, 2.75) is 51.1 Å². The summed E-state index contributed by atoms with van der Waals surface area (Å²) in [5.74, 6) is -0.0188. The molecule has 0 unspecified atom stereocenters. The highest BCUT2D eigenvalue weighted by molar-refractivity contribution is 9.10. The summed E-state index contributed by atoms with van der Waals surface area (Å²) in [7, 11) is 0. The van der Waals surface area contributed by atoms with Crippen LogP contribution in [0.3, 0.4) is 0 Å². The quantitative estimate of drug-likeness (QED) is 0.308. The lowest BCUT2D eigenvalue weighted by atomic mass is 10.0.